The number of hydrogen-bond acceptors (Lipinski definition) is 1. The molecule has 0 aromatic rings. The van der Waals surface area contributed by atoms with E-state index < -0.39 is 0 Å². The maximum absolute atomic E-state index is 4.74. The lowest BCUT2D eigenvalue weighted by molar-refractivity contribution is 0.154. The molecule has 0 aromatic heterocycles. The summed E-state index contributed by atoms with van der Waals surface area (Å²) in [6.45, 7) is 18.9. The standard InChI is InChI=1S/C18H35N/c1-9-10-14(3)19-12-13(2)16-11-18(16,8)15(4)17(5,6)7/h12-16H,9-11H2,1-8H3/t13-,14+,15-,16?,18-/m0/s1. The Morgan fingerprint density at radius 2 is 1.84 bits per heavy atom. The first-order valence-electron chi connectivity index (χ1n) is 8.16. The van der Waals surface area contributed by atoms with Gasteiger partial charge in [0.05, 0.1) is 0 Å². The summed E-state index contributed by atoms with van der Waals surface area (Å²) in [6, 6.07) is 0.498. The summed E-state index contributed by atoms with van der Waals surface area (Å²) in [4.78, 5) is 4.74. The Morgan fingerprint density at radius 3 is 2.32 bits per heavy atom. The Kier molecular flexibility index (Phi) is 5.26. The summed E-state index contributed by atoms with van der Waals surface area (Å²) in [5.41, 5.74) is 0.938. The molecule has 0 amide bonds. The van der Waals surface area contributed by atoms with Crippen molar-refractivity contribution in [2.75, 3.05) is 0 Å². The van der Waals surface area contributed by atoms with Crippen LogP contribution in [0.15, 0.2) is 4.99 Å². The van der Waals surface area contributed by atoms with Crippen LogP contribution in [0.25, 0.3) is 0 Å². The predicted molar refractivity (Wildman–Crippen MR) is 86.9 cm³/mol. The highest BCUT2D eigenvalue weighted by Crippen LogP contribution is 2.64. The van der Waals surface area contributed by atoms with E-state index in [9.17, 15) is 0 Å². The van der Waals surface area contributed by atoms with Crippen LogP contribution in [0, 0.1) is 28.6 Å². The normalized spacial score (nSPS) is 32.3. The average Bonchev–Trinajstić information content (AvgIpc) is 2.98. The number of hydrogen-bond donors (Lipinski definition) is 0. The largest absolute Gasteiger partial charge is 0.294 e. The molecule has 1 aliphatic carbocycles. The van der Waals surface area contributed by atoms with E-state index in [4.69, 9.17) is 4.99 Å². The first kappa shape index (κ1) is 16.7. The van der Waals surface area contributed by atoms with Gasteiger partial charge in [-0.2, -0.15) is 0 Å². The molecule has 112 valence electrons. The fraction of sp³-hybridized carbons (Fsp3) is 0.944. The molecular weight excluding hydrogens is 230 g/mol. The van der Waals surface area contributed by atoms with E-state index >= 15 is 0 Å². The van der Waals surface area contributed by atoms with Gasteiger partial charge in [-0.25, -0.2) is 0 Å². The third-order valence-electron chi connectivity index (χ3n) is 5.55. The Hall–Kier alpha value is -0.330. The lowest BCUT2D eigenvalue weighted by atomic mass is 9.71. The van der Waals surface area contributed by atoms with Crippen molar-refractivity contribution >= 4 is 6.21 Å². The Labute approximate surface area is 121 Å². The summed E-state index contributed by atoms with van der Waals surface area (Å²) < 4.78 is 0. The molecule has 0 heterocycles. The number of aliphatic imine (C=N–C) groups is 1. The lowest BCUT2D eigenvalue weighted by Crippen LogP contribution is -2.27. The number of rotatable bonds is 6. The van der Waals surface area contributed by atoms with Gasteiger partial charge in [0, 0.05) is 12.3 Å². The van der Waals surface area contributed by atoms with Crippen LogP contribution in [-0.4, -0.2) is 12.3 Å². The number of nitrogens with zero attached hydrogens (tertiary/aromatic N) is 1. The van der Waals surface area contributed by atoms with Gasteiger partial charge in [-0.1, -0.05) is 54.9 Å². The molecule has 0 bridgehead atoms. The summed E-state index contributed by atoms with van der Waals surface area (Å²) >= 11 is 0. The SMILES string of the molecule is CCC[C@@H](C)N=C[C@H](C)C1C[C@@]1(C)[C@@H](C)C(C)(C)C. The van der Waals surface area contributed by atoms with Crippen LogP contribution >= 0.6 is 0 Å². The quantitative estimate of drug-likeness (QED) is 0.555. The summed E-state index contributed by atoms with van der Waals surface area (Å²) in [7, 11) is 0. The van der Waals surface area contributed by atoms with Crippen LogP contribution in [0.4, 0.5) is 0 Å². The first-order valence-corrected chi connectivity index (χ1v) is 8.16. The van der Waals surface area contributed by atoms with Gasteiger partial charge in [0.1, 0.15) is 0 Å². The van der Waals surface area contributed by atoms with Crippen LogP contribution < -0.4 is 0 Å². The van der Waals surface area contributed by atoms with E-state index in [0.29, 0.717) is 22.8 Å². The fourth-order valence-electron chi connectivity index (χ4n) is 3.57. The van der Waals surface area contributed by atoms with Crippen molar-refractivity contribution in [2.45, 2.75) is 80.7 Å². The van der Waals surface area contributed by atoms with Crippen LogP contribution in [0.2, 0.25) is 0 Å². The third-order valence-corrected chi connectivity index (χ3v) is 5.55. The maximum atomic E-state index is 4.74. The van der Waals surface area contributed by atoms with E-state index in [-0.39, 0.29) is 0 Å². The Morgan fingerprint density at radius 1 is 1.26 bits per heavy atom. The minimum atomic E-state index is 0.413. The molecule has 1 nitrogen and oxygen atoms in total. The second kappa shape index (κ2) is 5.97. The smallest absolute Gasteiger partial charge is 0.0467 e. The van der Waals surface area contributed by atoms with Crippen LogP contribution in [-0.2, 0) is 0 Å². The maximum Gasteiger partial charge on any atom is 0.0467 e. The predicted octanol–water partition coefficient (Wildman–Crippen LogP) is 5.59. The average molecular weight is 265 g/mol. The van der Waals surface area contributed by atoms with Crippen molar-refractivity contribution in [3.63, 3.8) is 0 Å². The van der Waals surface area contributed by atoms with Crippen molar-refractivity contribution in [3.05, 3.63) is 0 Å². The molecule has 0 aromatic carbocycles. The van der Waals surface area contributed by atoms with Gasteiger partial charge in [0.25, 0.3) is 0 Å². The molecule has 19 heavy (non-hydrogen) atoms. The monoisotopic (exact) mass is 265 g/mol. The molecule has 0 saturated heterocycles. The van der Waals surface area contributed by atoms with E-state index in [2.05, 4.69) is 61.6 Å². The highest BCUT2D eigenvalue weighted by atomic mass is 14.8. The van der Waals surface area contributed by atoms with Gasteiger partial charge in [-0.15, -0.1) is 0 Å². The summed E-state index contributed by atoms with van der Waals surface area (Å²) in [6.07, 6.45) is 6.06. The van der Waals surface area contributed by atoms with Crippen LogP contribution in [0.1, 0.15) is 74.7 Å². The van der Waals surface area contributed by atoms with E-state index in [1.807, 2.05) is 0 Å². The van der Waals surface area contributed by atoms with Crippen molar-refractivity contribution in [3.8, 4) is 0 Å². The molecule has 1 heteroatoms. The molecule has 1 saturated carbocycles. The van der Waals surface area contributed by atoms with Gasteiger partial charge >= 0.3 is 0 Å². The molecule has 0 spiro atoms. The van der Waals surface area contributed by atoms with Crippen molar-refractivity contribution < 1.29 is 0 Å². The van der Waals surface area contributed by atoms with Gasteiger partial charge < -0.3 is 0 Å². The minimum absolute atomic E-state index is 0.413. The van der Waals surface area contributed by atoms with Crippen molar-refractivity contribution in [1.82, 2.24) is 0 Å². The Balaban J connectivity index is 2.56. The molecule has 1 unspecified atom stereocenters. The highest BCUT2D eigenvalue weighted by Gasteiger charge is 2.57. The summed E-state index contributed by atoms with van der Waals surface area (Å²) in [5.74, 6) is 2.24. The second-order valence-corrected chi connectivity index (χ2v) is 8.20. The van der Waals surface area contributed by atoms with Crippen molar-refractivity contribution in [2.24, 2.45) is 33.6 Å². The van der Waals surface area contributed by atoms with E-state index in [0.717, 1.165) is 11.8 Å². The van der Waals surface area contributed by atoms with E-state index in [1.165, 1.54) is 19.3 Å². The third kappa shape index (κ3) is 4.07. The Bertz CT molecular complexity index is 312. The lowest BCUT2D eigenvalue weighted by Gasteiger charge is -2.34. The summed E-state index contributed by atoms with van der Waals surface area (Å²) in [5, 5.41) is 0. The molecule has 0 radical (unpaired) electrons. The highest BCUT2D eigenvalue weighted by molar-refractivity contribution is 5.62. The molecule has 5 atom stereocenters. The van der Waals surface area contributed by atoms with Gasteiger partial charge in [0.15, 0.2) is 0 Å². The van der Waals surface area contributed by atoms with Crippen LogP contribution in [0.3, 0.4) is 0 Å². The fourth-order valence-corrected chi connectivity index (χ4v) is 3.57. The molecule has 0 aliphatic heterocycles. The first-order chi connectivity index (χ1) is 8.63. The topological polar surface area (TPSA) is 12.4 Å². The zero-order valence-corrected chi connectivity index (χ0v) is 14.5. The van der Waals surface area contributed by atoms with Crippen molar-refractivity contribution in [1.29, 1.82) is 0 Å². The van der Waals surface area contributed by atoms with E-state index in [1.54, 1.807) is 0 Å². The minimum Gasteiger partial charge on any atom is -0.294 e. The molecular formula is C18H35N. The molecule has 0 N–H and O–H groups in total. The zero-order valence-electron chi connectivity index (χ0n) is 14.5. The second-order valence-electron chi connectivity index (χ2n) is 8.20. The van der Waals surface area contributed by atoms with Gasteiger partial charge in [0.2, 0.25) is 0 Å². The van der Waals surface area contributed by atoms with Crippen LogP contribution in [0.5, 0.6) is 0 Å². The van der Waals surface area contributed by atoms with Gasteiger partial charge in [-0.05, 0) is 48.3 Å². The molecule has 1 aliphatic rings. The molecule has 1 fully saturated rings. The van der Waals surface area contributed by atoms with Gasteiger partial charge in [-0.3, -0.25) is 4.99 Å². The zero-order chi connectivity index (χ0) is 14.8. The molecule has 1 rings (SSSR count).